The molecule has 2 aliphatic heterocycles. The Morgan fingerprint density at radius 1 is 1.28 bits per heavy atom. The zero-order valence-corrected chi connectivity index (χ0v) is 11.2. The second-order valence-corrected chi connectivity index (χ2v) is 5.85. The predicted octanol–water partition coefficient (Wildman–Crippen LogP) is 1.23. The van der Waals surface area contributed by atoms with Gasteiger partial charge in [-0.05, 0) is 26.0 Å². The first-order valence-electron chi connectivity index (χ1n) is 6.74. The van der Waals surface area contributed by atoms with E-state index in [1.54, 1.807) is 6.26 Å². The fourth-order valence-corrected chi connectivity index (χ4v) is 3.18. The molecule has 2 saturated heterocycles. The molecule has 3 heterocycles. The maximum atomic E-state index is 5.70. The van der Waals surface area contributed by atoms with Gasteiger partial charge in [0.1, 0.15) is 5.76 Å². The number of rotatable bonds is 3. The summed E-state index contributed by atoms with van der Waals surface area (Å²) in [6.07, 6.45) is 1.77. The van der Waals surface area contributed by atoms with E-state index in [0.29, 0.717) is 0 Å². The van der Waals surface area contributed by atoms with Gasteiger partial charge >= 0.3 is 0 Å². The van der Waals surface area contributed by atoms with Crippen molar-refractivity contribution in [3.8, 4) is 0 Å². The lowest BCUT2D eigenvalue weighted by Gasteiger charge is -2.56. The Labute approximate surface area is 108 Å². The van der Waals surface area contributed by atoms with Crippen molar-refractivity contribution in [1.82, 2.24) is 10.2 Å². The first kappa shape index (κ1) is 12.2. The quantitative estimate of drug-likeness (QED) is 0.875. The molecule has 0 spiro atoms. The highest BCUT2D eigenvalue weighted by molar-refractivity contribution is 5.26. The SMILES string of the molecule is CC(C)(N1CCNCC1)C1(c2ccco2)COC1. The molecule has 0 saturated carbocycles. The lowest BCUT2D eigenvalue weighted by molar-refractivity contribution is -0.144. The van der Waals surface area contributed by atoms with E-state index in [1.807, 2.05) is 6.07 Å². The van der Waals surface area contributed by atoms with Crippen molar-refractivity contribution in [2.45, 2.75) is 24.8 Å². The summed E-state index contributed by atoms with van der Waals surface area (Å²) in [5, 5.41) is 3.41. The third-order valence-electron chi connectivity index (χ3n) is 4.77. The molecule has 18 heavy (non-hydrogen) atoms. The second-order valence-electron chi connectivity index (χ2n) is 5.85. The molecule has 1 aromatic heterocycles. The molecule has 1 aromatic rings. The van der Waals surface area contributed by atoms with Gasteiger partial charge in [0.2, 0.25) is 0 Å². The molecule has 2 aliphatic rings. The van der Waals surface area contributed by atoms with Crippen molar-refractivity contribution in [2.24, 2.45) is 0 Å². The highest BCUT2D eigenvalue weighted by Crippen LogP contribution is 2.45. The number of hydrogen-bond donors (Lipinski definition) is 1. The number of ether oxygens (including phenoxy) is 1. The number of nitrogens with one attached hydrogen (secondary N) is 1. The molecular formula is C14H22N2O2. The fraction of sp³-hybridized carbons (Fsp3) is 0.714. The standard InChI is InChI=1S/C14H22N2O2/c1-13(2,16-7-5-15-6-8-16)14(10-17-11-14)12-4-3-9-18-12/h3-4,9,15H,5-8,10-11H2,1-2H3. The van der Waals surface area contributed by atoms with Gasteiger partial charge in [-0.25, -0.2) is 0 Å². The van der Waals surface area contributed by atoms with Crippen LogP contribution in [0, 0.1) is 0 Å². The van der Waals surface area contributed by atoms with E-state index in [9.17, 15) is 0 Å². The van der Waals surface area contributed by atoms with Gasteiger partial charge in [-0.2, -0.15) is 0 Å². The predicted molar refractivity (Wildman–Crippen MR) is 69.7 cm³/mol. The summed E-state index contributed by atoms with van der Waals surface area (Å²) >= 11 is 0. The van der Waals surface area contributed by atoms with Crippen LogP contribution in [0.1, 0.15) is 19.6 Å². The molecule has 0 aromatic carbocycles. The average molecular weight is 250 g/mol. The van der Waals surface area contributed by atoms with E-state index >= 15 is 0 Å². The summed E-state index contributed by atoms with van der Waals surface area (Å²) < 4.78 is 11.2. The van der Waals surface area contributed by atoms with Gasteiger partial charge in [0.15, 0.2) is 0 Å². The molecule has 2 fully saturated rings. The molecule has 0 aliphatic carbocycles. The van der Waals surface area contributed by atoms with Gasteiger partial charge in [-0.15, -0.1) is 0 Å². The van der Waals surface area contributed by atoms with E-state index in [-0.39, 0.29) is 11.0 Å². The maximum Gasteiger partial charge on any atom is 0.116 e. The summed E-state index contributed by atoms with van der Waals surface area (Å²) in [6, 6.07) is 4.07. The van der Waals surface area contributed by atoms with Crippen molar-refractivity contribution in [3.05, 3.63) is 24.2 Å². The Morgan fingerprint density at radius 3 is 2.50 bits per heavy atom. The van der Waals surface area contributed by atoms with Crippen LogP contribution in [0.4, 0.5) is 0 Å². The normalized spacial score (nSPS) is 24.8. The van der Waals surface area contributed by atoms with Crippen molar-refractivity contribution in [3.63, 3.8) is 0 Å². The van der Waals surface area contributed by atoms with Crippen LogP contribution in [0.25, 0.3) is 0 Å². The minimum atomic E-state index is 0.00778. The zero-order valence-electron chi connectivity index (χ0n) is 11.2. The molecule has 0 bridgehead atoms. The van der Waals surface area contributed by atoms with Gasteiger partial charge in [0.25, 0.3) is 0 Å². The highest BCUT2D eigenvalue weighted by atomic mass is 16.5. The maximum absolute atomic E-state index is 5.70. The molecule has 3 rings (SSSR count). The zero-order chi connectivity index (χ0) is 12.6. The molecule has 100 valence electrons. The van der Waals surface area contributed by atoms with E-state index in [1.165, 1.54) is 0 Å². The van der Waals surface area contributed by atoms with Crippen molar-refractivity contribution >= 4 is 0 Å². The minimum Gasteiger partial charge on any atom is -0.469 e. The Morgan fingerprint density at radius 2 is 2.00 bits per heavy atom. The summed E-state index contributed by atoms with van der Waals surface area (Å²) in [6.45, 7) is 10.5. The number of hydrogen-bond acceptors (Lipinski definition) is 4. The molecular weight excluding hydrogens is 228 g/mol. The van der Waals surface area contributed by atoms with Crippen LogP contribution in [0.3, 0.4) is 0 Å². The smallest absolute Gasteiger partial charge is 0.116 e. The number of piperazine rings is 1. The summed E-state index contributed by atoms with van der Waals surface area (Å²) in [4.78, 5) is 2.56. The molecule has 1 N–H and O–H groups in total. The Hall–Kier alpha value is -0.840. The van der Waals surface area contributed by atoms with Crippen LogP contribution < -0.4 is 5.32 Å². The third-order valence-corrected chi connectivity index (χ3v) is 4.77. The van der Waals surface area contributed by atoms with Crippen LogP contribution in [-0.4, -0.2) is 49.8 Å². The number of furan rings is 1. The van der Waals surface area contributed by atoms with Crippen LogP contribution in [0.5, 0.6) is 0 Å². The van der Waals surface area contributed by atoms with E-state index in [2.05, 4.69) is 30.1 Å². The Balaban J connectivity index is 1.90. The first-order chi connectivity index (χ1) is 8.67. The van der Waals surface area contributed by atoms with Gasteiger partial charge in [0.05, 0.1) is 24.9 Å². The van der Waals surface area contributed by atoms with Gasteiger partial charge in [-0.1, -0.05) is 0 Å². The summed E-state index contributed by atoms with van der Waals surface area (Å²) in [5.74, 6) is 1.07. The van der Waals surface area contributed by atoms with Gasteiger partial charge < -0.3 is 14.5 Å². The summed E-state index contributed by atoms with van der Waals surface area (Å²) in [7, 11) is 0. The Bertz CT molecular complexity index is 390. The van der Waals surface area contributed by atoms with Crippen LogP contribution in [0.15, 0.2) is 22.8 Å². The largest absolute Gasteiger partial charge is 0.469 e. The monoisotopic (exact) mass is 250 g/mol. The van der Waals surface area contributed by atoms with Crippen molar-refractivity contribution in [1.29, 1.82) is 0 Å². The third kappa shape index (κ3) is 1.63. The number of nitrogens with zero attached hydrogens (tertiary/aromatic N) is 1. The Kier molecular flexibility index (Phi) is 2.96. The molecule has 0 unspecified atom stereocenters. The highest BCUT2D eigenvalue weighted by Gasteiger charge is 2.56. The first-order valence-corrected chi connectivity index (χ1v) is 6.74. The van der Waals surface area contributed by atoms with Crippen LogP contribution in [-0.2, 0) is 10.2 Å². The molecule has 0 atom stereocenters. The molecule has 0 radical (unpaired) electrons. The lowest BCUT2D eigenvalue weighted by atomic mass is 9.66. The lowest BCUT2D eigenvalue weighted by Crippen LogP contribution is -2.69. The second kappa shape index (κ2) is 4.37. The summed E-state index contributed by atoms with van der Waals surface area (Å²) in [5.41, 5.74) is 0.0685. The van der Waals surface area contributed by atoms with E-state index in [4.69, 9.17) is 9.15 Å². The minimum absolute atomic E-state index is 0.00778. The molecule has 4 nitrogen and oxygen atoms in total. The molecule has 4 heteroatoms. The van der Waals surface area contributed by atoms with Crippen molar-refractivity contribution < 1.29 is 9.15 Å². The fourth-order valence-electron chi connectivity index (χ4n) is 3.18. The average Bonchev–Trinajstić information content (AvgIpc) is 2.82. The van der Waals surface area contributed by atoms with Gasteiger partial charge in [-0.3, -0.25) is 4.90 Å². The van der Waals surface area contributed by atoms with Crippen molar-refractivity contribution in [2.75, 3.05) is 39.4 Å². The van der Waals surface area contributed by atoms with E-state index < -0.39 is 0 Å². The van der Waals surface area contributed by atoms with E-state index in [0.717, 1.165) is 45.2 Å². The van der Waals surface area contributed by atoms with Gasteiger partial charge in [0, 0.05) is 31.7 Å². The van der Waals surface area contributed by atoms with Crippen LogP contribution in [0.2, 0.25) is 0 Å². The van der Waals surface area contributed by atoms with Crippen LogP contribution >= 0.6 is 0 Å². The topological polar surface area (TPSA) is 37.6 Å². The molecule has 0 amide bonds.